The molecule has 0 radical (unpaired) electrons. The maximum atomic E-state index is 14.1. The predicted octanol–water partition coefficient (Wildman–Crippen LogP) is 6.03. The Labute approximate surface area is 257 Å². The van der Waals surface area contributed by atoms with Crippen LogP contribution in [0.5, 0.6) is 0 Å². The molecule has 0 aromatic heterocycles. The van der Waals surface area contributed by atoms with Crippen molar-refractivity contribution in [3.05, 3.63) is 48.0 Å². The molecular weight excluding hydrogens is 538 g/mol. The topological polar surface area (TPSA) is 83.5 Å². The minimum absolute atomic E-state index is 0.0336. The number of urea groups is 1. The van der Waals surface area contributed by atoms with Gasteiger partial charge in [0.15, 0.2) is 0 Å². The SMILES string of the molecule is C/C(=N\NC(=O)Nc1ccccc1)C(C(=O)N(C)C)c1c(N2CCCCC2)cc(N2CCCCC2)cc1N1CCCCC1. The second kappa shape index (κ2) is 14.6. The van der Waals surface area contributed by atoms with Crippen molar-refractivity contribution in [2.75, 3.05) is 73.4 Å². The van der Waals surface area contributed by atoms with Crippen LogP contribution in [0.2, 0.25) is 0 Å². The van der Waals surface area contributed by atoms with Crippen molar-refractivity contribution in [3.8, 4) is 0 Å². The molecule has 0 aliphatic carbocycles. The number of hydrogen-bond donors (Lipinski definition) is 2. The van der Waals surface area contributed by atoms with Gasteiger partial charge in [-0.05, 0) is 89.0 Å². The Morgan fingerprint density at radius 3 is 1.72 bits per heavy atom. The Bertz CT molecular complexity index is 1220. The van der Waals surface area contributed by atoms with Crippen molar-refractivity contribution in [3.63, 3.8) is 0 Å². The molecule has 1 atom stereocenters. The van der Waals surface area contributed by atoms with E-state index in [1.54, 1.807) is 19.0 Å². The average Bonchev–Trinajstić information content (AvgIpc) is 3.05. The first kappa shape index (κ1) is 30.7. The van der Waals surface area contributed by atoms with Crippen molar-refractivity contribution in [2.45, 2.75) is 70.6 Å². The highest BCUT2D eigenvalue weighted by Crippen LogP contribution is 2.43. The molecule has 3 aliphatic rings. The van der Waals surface area contributed by atoms with Crippen molar-refractivity contribution in [2.24, 2.45) is 5.10 Å². The molecule has 43 heavy (non-hydrogen) atoms. The minimum Gasteiger partial charge on any atom is -0.371 e. The summed E-state index contributed by atoms with van der Waals surface area (Å²) in [6.45, 7) is 7.92. The van der Waals surface area contributed by atoms with Gasteiger partial charge in [-0.15, -0.1) is 0 Å². The summed E-state index contributed by atoms with van der Waals surface area (Å²) < 4.78 is 0. The fourth-order valence-electron chi connectivity index (χ4n) is 6.69. The lowest BCUT2D eigenvalue weighted by atomic mass is 9.87. The molecule has 3 amide bonds. The van der Waals surface area contributed by atoms with E-state index in [-0.39, 0.29) is 5.91 Å². The number of rotatable bonds is 8. The number of hydrazone groups is 1. The highest BCUT2D eigenvalue weighted by Gasteiger charge is 2.35. The van der Waals surface area contributed by atoms with Gasteiger partial charge in [-0.2, -0.15) is 5.10 Å². The Kier molecular flexibility index (Phi) is 10.4. The molecule has 3 saturated heterocycles. The molecule has 0 saturated carbocycles. The molecular formula is C34H49N7O2. The van der Waals surface area contributed by atoms with E-state index in [1.807, 2.05) is 37.3 Å². The van der Waals surface area contributed by atoms with Crippen LogP contribution in [0, 0.1) is 0 Å². The largest absolute Gasteiger partial charge is 0.371 e. The van der Waals surface area contributed by atoms with Gasteiger partial charge in [0.2, 0.25) is 5.91 Å². The van der Waals surface area contributed by atoms with Gasteiger partial charge in [0.25, 0.3) is 0 Å². The average molecular weight is 588 g/mol. The molecule has 3 aliphatic heterocycles. The fourth-order valence-corrected chi connectivity index (χ4v) is 6.69. The molecule has 0 spiro atoms. The number of carbonyl (C=O) groups is 2. The summed E-state index contributed by atoms with van der Waals surface area (Å²) in [5, 5.41) is 7.37. The normalized spacial score (nSPS) is 18.7. The second-order valence-corrected chi connectivity index (χ2v) is 12.4. The van der Waals surface area contributed by atoms with Gasteiger partial charge >= 0.3 is 6.03 Å². The Morgan fingerprint density at radius 2 is 1.23 bits per heavy atom. The smallest absolute Gasteiger partial charge is 0.339 e. The molecule has 2 aromatic rings. The lowest BCUT2D eigenvalue weighted by molar-refractivity contribution is -0.128. The molecule has 0 bridgehead atoms. The molecule has 9 nitrogen and oxygen atoms in total. The Balaban J connectivity index is 1.60. The van der Waals surface area contributed by atoms with Gasteiger partial charge in [-0.1, -0.05) is 18.2 Å². The lowest BCUT2D eigenvalue weighted by Gasteiger charge is -2.39. The minimum atomic E-state index is -0.628. The zero-order valence-corrected chi connectivity index (χ0v) is 26.3. The number of para-hydroxylation sites is 1. The van der Waals surface area contributed by atoms with Crippen LogP contribution in [0.1, 0.15) is 76.2 Å². The monoisotopic (exact) mass is 587 g/mol. The second-order valence-electron chi connectivity index (χ2n) is 12.4. The first-order valence-corrected chi connectivity index (χ1v) is 16.2. The van der Waals surface area contributed by atoms with Crippen LogP contribution >= 0.6 is 0 Å². The van der Waals surface area contributed by atoms with Crippen molar-refractivity contribution in [1.82, 2.24) is 10.3 Å². The number of nitrogens with one attached hydrogen (secondary N) is 2. The molecule has 232 valence electrons. The van der Waals surface area contributed by atoms with E-state index in [2.05, 4.69) is 42.7 Å². The summed E-state index contributed by atoms with van der Waals surface area (Å²) in [5.74, 6) is -0.662. The van der Waals surface area contributed by atoms with E-state index in [0.29, 0.717) is 11.4 Å². The van der Waals surface area contributed by atoms with E-state index in [4.69, 9.17) is 0 Å². The fraction of sp³-hybridized carbons (Fsp3) is 0.559. The number of hydrogen-bond acceptors (Lipinski definition) is 6. The van der Waals surface area contributed by atoms with E-state index in [9.17, 15) is 9.59 Å². The van der Waals surface area contributed by atoms with Gasteiger partial charge in [-0.3, -0.25) is 4.79 Å². The van der Waals surface area contributed by atoms with Gasteiger partial charge in [0.05, 0.1) is 5.71 Å². The molecule has 3 heterocycles. The van der Waals surface area contributed by atoms with Gasteiger partial charge in [0.1, 0.15) is 5.92 Å². The highest BCUT2D eigenvalue weighted by molar-refractivity contribution is 6.11. The predicted molar refractivity (Wildman–Crippen MR) is 178 cm³/mol. The van der Waals surface area contributed by atoms with Crippen LogP contribution in [-0.2, 0) is 4.79 Å². The summed E-state index contributed by atoms with van der Waals surface area (Å²) in [6.07, 6.45) is 10.8. The quantitative estimate of drug-likeness (QED) is 0.291. The molecule has 9 heteroatoms. The molecule has 1 unspecified atom stereocenters. The van der Waals surface area contributed by atoms with Crippen molar-refractivity contribution >= 4 is 40.4 Å². The third-order valence-corrected chi connectivity index (χ3v) is 9.00. The van der Waals surface area contributed by atoms with Gasteiger partial charge < -0.3 is 24.9 Å². The number of amides is 3. The van der Waals surface area contributed by atoms with Gasteiger partial charge in [0, 0.05) is 81.7 Å². The zero-order valence-electron chi connectivity index (χ0n) is 26.3. The molecule has 2 N–H and O–H groups in total. The molecule has 2 aromatic carbocycles. The highest BCUT2D eigenvalue weighted by atomic mass is 16.2. The Morgan fingerprint density at radius 1 is 0.744 bits per heavy atom. The number of likely N-dealkylation sites (N-methyl/N-ethyl adjacent to an activating group) is 1. The number of nitrogens with zero attached hydrogens (tertiary/aromatic N) is 5. The third kappa shape index (κ3) is 7.61. The Hall–Kier alpha value is -3.75. The van der Waals surface area contributed by atoms with Gasteiger partial charge in [-0.25, -0.2) is 10.2 Å². The summed E-state index contributed by atoms with van der Waals surface area (Å²) in [5.41, 5.74) is 8.50. The van der Waals surface area contributed by atoms with Crippen molar-refractivity contribution < 1.29 is 9.59 Å². The van der Waals surface area contributed by atoms with Crippen LogP contribution in [0.3, 0.4) is 0 Å². The summed E-state index contributed by atoms with van der Waals surface area (Å²) in [4.78, 5) is 36.1. The summed E-state index contributed by atoms with van der Waals surface area (Å²) >= 11 is 0. The van der Waals surface area contributed by atoms with Crippen LogP contribution < -0.4 is 25.4 Å². The first-order valence-electron chi connectivity index (χ1n) is 16.2. The summed E-state index contributed by atoms with van der Waals surface area (Å²) in [7, 11) is 3.61. The number of carbonyl (C=O) groups excluding carboxylic acids is 2. The first-order chi connectivity index (χ1) is 20.9. The van der Waals surface area contributed by atoms with E-state index in [1.165, 1.54) is 37.8 Å². The molecule has 3 fully saturated rings. The number of piperidine rings is 3. The van der Waals surface area contributed by atoms with Crippen molar-refractivity contribution in [1.29, 1.82) is 0 Å². The van der Waals surface area contributed by atoms with E-state index >= 15 is 0 Å². The van der Waals surface area contributed by atoms with E-state index in [0.717, 1.165) is 81.9 Å². The summed E-state index contributed by atoms with van der Waals surface area (Å²) in [6, 6.07) is 13.5. The maximum Gasteiger partial charge on any atom is 0.339 e. The van der Waals surface area contributed by atoms with Crippen LogP contribution in [0.4, 0.5) is 27.5 Å². The third-order valence-electron chi connectivity index (χ3n) is 9.00. The lowest BCUT2D eigenvalue weighted by Crippen LogP contribution is -2.39. The van der Waals surface area contributed by atoms with Crippen LogP contribution in [0.25, 0.3) is 0 Å². The number of benzene rings is 2. The zero-order chi connectivity index (χ0) is 30.2. The standard InChI is InChI=1S/C34H49N7O2/c1-26(36-37-34(43)35-27-16-8-4-9-17-27)31(33(42)38(2)3)32-29(40-20-12-6-13-21-40)24-28(39-18-10-5-11-19-39)25-30(32)41-22-14-7-15-23-41/h4,8-9,16-17,24-25,31H,5-7,10-15,18-23H2,1-3H3,(H2,35,37,43)/b36-26+. The maximum absolute atomic E-state index is 14.1. The van der Waals surface area contributed by atoms with Crippen LogP contribution in [-0.4, -0.2) is 75.9 Å². The number of anilines is 4. The van der Waals surface area contributed by atoms with Crippen LogP contribution in [0.15, 0.2) is 47.6 Å². The van der Waals surface area contributed by atoms with E-state index < -0.39 is 11.9 Å². The molecule has 5 rings (SSSR count).